The van der Waals surface area contributed by atoms with Crippen molar-refractivity contribution in [1.29, 1.82) is 0 Å². The van der Waals surface area contributed by atoms with Gasteiger partial charge in [0.25, 0.3) is 5.91 Å². The molecule has 22 heavy (non-hydrogen) atoms. The number of piperidine rings is 1. The molecule has 1 aromatic heterocycles. The molecule has 1 amide bonds. The Bertz CT molecular complexity index is 490. The van der Waals surface area contributed by atoms with E-state index in [4.69, 9.17) is 0 Å². The van der Waals surface area contributed by atoms with Crippen molar-refractivity contribution >= 4 is 11.9 Å². The number of likely N-dealkylation sites (N-methyl/N-ethyl adjacent to an activating group) is 1. The highest BCUT2D eigenvalue weighted by molar-refractivity contribution is 5.93. The lowest BCUT2D eigenvalue weighted by atomic mass is 10.1. The van der Waals surface area contributed by atoms with Crippen LogP contribution in [0.2, 0.25) is 0 Å². The summed E-state index contributed by atoms with van der Waals surface area (Å²) in [4.78, 5) is 27.8. The number of amides is 1. The van der Waals surface area contributed by atoms with Crippen molar-refractivity contribution in [2.45, 2.75) is 26.2 Å². The number of anilines is 1. The minimum Gasteiger partial charge on any atom is -0.339 e. The van der Waals surface area contributed by atoms with Gasteiger partial charge in [-0.3, -0.25) is 4.79 Å². The summed E-state index contributed by atoms with van der Waals surface area (Å²) >= 11 is 0. The normalized spacial score (nSPS) is 20.2. The fraction of sp³-hybridized carbons (Fsp3) is 0.688. The van der Waals surface area contributed by atoms with Gasteiger partial charge in [-0.15, -0.1) is 0 Å². The summed E-state index contributed by atoms with van der Waals surface area (Å²) in [7, 11) is 0. The molecule has 0 unspecified atom stereocenters. The summed E-state index contributed by atoms with van der Waals surface area (Å²) in [5.74, 6) is 0.813. The van der Waals surface area contributed by atoms with Crippen LogP contribution in [-0.2, 0) is 0 Å². The topological polar surface area (TPSA) is 52.6 Å². The monoisotopic (exact) mass is 303 g/mol. The van der Waals surface area contributed by atoms with E-state index < -0.39 is 0 Å². The molecule has 0 atom stereocenters. The van der Waals surface area contributed by atoms with Gasteiger partial charge in [0.2, 0.25) is 5.95 Å². The molecular weight excluding hydrogens is 278 g/mol. The van der Waals surface area contributed by atoms with Gasteiger partial charge < -0.3 is 14.7 Å². The van der Waals surface area contributed by atoms with Crippen molar-refractivity contribution in [2.75, 3.05) is 50.7 Å². The lowest BCUT2D eigenvalue weighted by Gasteiger charge is -2.34. The molecule has 2 aliphatic heterocycles. The molecule has 2 aliphatic rings. The standard InChI is InChI=1S/C16H25N5O/c1-2-19-8-10-21(11-9-19)16-17-12-14(13-18-16)15(22)20-6-4-3-5-7-20/h12-13H,2-11H2,1H3. The van der Waals surface area contributed by atoms with Gasteiger partial charge in [0.1, 0.15) is 0 Å². The third-order valence-corrected chi connectivity index (χ3v) is 4.63. The molecule has 6 heteroatoms. The number of rotatable bonds is 3. The second-order valence-corrected chi connectivity index (χ2v) is 6.05. The fourth-order valence-electron chi connectivity index (χ4n) is 3.14. The molecule has 0 radical (unpaired) electrons. The summed E-state index contributed by atoms with van der Waals surface area (Å²) in [5, 5.41) is 0. The Hall–Kier alpha value is -1.69. The second-order valence-electron chi connectivity index (χ2n) is 6.05. The van der Waals surface area contributed by atoms with E-state index in [2.05, 4.69) is 26.7 Å². The van der Waals surface area contributed by atoms with E-state index in [-0.39, 0.29) is 5.91 Å². The summed E-state index contributed by atoms with van der Waals surface area (Å²) in [6, 6.07) is 0. The number of carbonyl (C=O) groups is 1. The van der Waals surface area contributed by atoms with Crippen molar-refractivity contribution < 1.29 is 4.79 Å². The predicted molar refractivity (Wildman–Crippen MR) is 86.1 cm³/mol. The van der Waals surface area contributed by atoms with Crippen LogP contribution in [0.25, 0.3) is 0 Å². The van der Waals surface area contributed by atoms with E-state index >= 15 is 0 Å². The van der Waals surface area contributed by atoms with Crippen molar-refractivity contribution in [3.63, 3.8) is 0 Å². The molecular formula is C16H25N5O. The lowest BCUT2D eigenvalue weighted by Crippen LogP contribution is -2.46. The Kier molecular flexibility index (Phi) is 4.87. The van der Waals surface area contributed by atoms with Gasteiger partial charge in [0.15, 0.2) is 0 Å². The molecule has 120 valence electrons. The molecule has 0 aromatic carbocycles. The number of likely N-dealkylation sites (tertiary alicyclic amines) is 1. The summed E-state index contributed by atoms with van der Waals surface area (Å²) < 4.78 is 0. The first-order valence-electron chi connectivity index (χ1n) is 8.36. The number of hydrogen-bond acceptors (Lipinski definition) is 5. The highest BCUT2D eigenvalue weighted by atomic mass is 16.2. The zero-order valence-corrected chi connectivity index (χ0v) is 13.4. The zero-order chi connectivity index (χ0) is 15.4. The SMILES string of the molecule is CCN1CCN(c2ncc(C(=O)N3CCCCC3)cn2)CC1. The van der Waals surface area contributed by atoms with Crippen LogP contribution in [0.15, 0.2) is 12.4 Å². The van der Waals surface area contributed by atoms with E-state index in [0.29, 0.717) is 5.56 Å². The average Bonchev–Trinajstić information content (AvgIpc) is 2.62. The third-order valence-electron chi connectivity index (χ3n) is 4.63. The van der Waals surface area contributed by atoms with E-state index in [1.54, 1.807) is 12.4 Å². The van der Waals surface area contributed by atoms with Crippen LogP contribution >= 0.6 is 0 Å². The molecule has 0 N–H and O–H groups in total. The molecule has 1 aromatic rings. The molecule has 3 heterocycles. The molecule has 3 rings (SSSR count). The Labute approximate surface area is 132 Å². The first-order valence-corrected chi connectivity index (χ1v) is 8.36. The second kappa shape index (κ2) is 7.05. The van der Waals surface area contributed by atoms with Gasteiger partial charge in [0.05, 0.1) is 5.56 Å². The number of aromatic nitrogens is 2. The van der Waals surface area contributed by atoms with Crippen LogP contribution in [-0.4, -0.2) is 71.5 Å². The molecule has 0 spiro atoms. The smallest absolute Gasteiger partial charge is 0.256 e. The maximum Gasteiger partial charge on any atom is 0.256 e. The maximum atomic E-state index is 12.4. The maximum absolute atomic E-state index is 12.4. The first-order chi connectivity index (χ1) is 10.8. The van der Waals surface area contributed by atoms with Crippen molar-refractivity contribution in [1.82, 2.24) is 19.8 Å². The first kappa shape index (κ1) is 15.2. The highest BCUT2D eigenvalue weighted by Crippen LogP contribution is 2.14. The van der Waals surface area contributed by atoms with Gasteiger partial charge in [-0.05, 0) is 25.8 Å². The van der Waals surface area contributed by atoms with Crippen LogP contribution < -0.4 is 4.90 Å². The predicted octanol–water partition coefficient (Wildman–Crippen LogP) is 1.24. The van der Waals surface area contributed by atoms with E-state index in [1.807, 2.05) is 4.90 Å². The van der Waals surface area contributed by atoms with Crippen LogP contribution in [0, 0.1) is 0 Å². The van der Waals surface area contributed by atoms with E-state index in [0.717, 1.165) is 64.6 Å². The quantitative estimate of drug-likeness (QED) is 0.841. The van der Waals surface area contributed by atoms with Crippen molar-refractivity contribution in [2.24, 2.45) is 0 Å². The number of nitrogens with zero attached hydrogens (tertiary/aromatic N) is 5. The van der Waals surface area contributed by atoms with Crippen LogP contribution in [0.3, 0.4) is 0 Å². The number of piperazine rings is 1. The third kappa shape index (κ3) is 3.38. The Morgan fingerprint density at radius 2 is 1.64 bits per heavy atom. The largest absolute Gasteiger partial charge is 0.339 e. The van der Waals surface area contributed by atoms with Gasteiger partial charge >= 0.3 is 0 Å². The molecule has 0 aliphatic carbocycles. The van der Waals surface area contributed by atoms with E-state index in [9.17, 15) is 4.79 Å². The van der Waals surface area contributed by atoms with Gasteiger partial charge in [-0.1, -0.05) is 6.92 Å². The summed E-state index contributed by atoms with van der Waals surface area (Å²) in [5.41, 5.74) is 0.609. The Morgan fingerprint density at radius 3 is 2.23 bits per heavy atom. The number of carbonyl (C=O) groups excluding carboxylic acids is 1. The highest BCUT2D eigenvalue weighted by Gasteiger charge is 2.21. The summed E-state index contributed by atoms with van der Waals surface area (Å²) in [6.45, 7) is 9.01. The minimum absolute atomic E-state index is 0.0713. The molecule has 2 saturated heterocycles. The van der Waals surface area contributed by atoms with Gasteiger partial charge in [0, 0.05) is 51.7 Å². The molecule has 2 fully saturated rings. The Balaban J connectivity index is 1.61. The number of hydrogen-bond donors (Lipinski definition) is 0. The minimum atomic E-state index is 0.0713. The lowest BCUT2D eigenvalue weighted by molar-refractivity contribution is 0.0723. The van der Waals surface area contributed by atoms with Crippen LogP contribution in [0.5, 0.6) is 0 Å². The average molecular weight is 303 g/mol. The summed E-state index contributed by atoms with van der Waals surface area (Å²) in [6.07, 6.45) is 6.80. The molecule has 6 nitrogen and oxygen atoms in total. The fourth-order valence-corrected chi connectivity index (χ4v) is 3.14. The van der Waals surface area contributed by atoms with Crippen LogP contribution in [0.4, 0.5) is 5.95 Å². The van der Waals surface area contributed by atoms with Gasteiger partial charge in [-0.25, -0.2) is 9.97 Å². The Morgan fingerprint density at radius 1 is 1.00 bits per heavy atom. The van der Waals surface area contributed by atoms with Gasteiger partial charge in [-0.2, -0.15) is 0 Å². The van der Waals surface area contributed by atoms with Crippen molar-refractivity contribution in [3.8, 4) is 0 Å². The molecule has 0 saturated carbocycles. The molecule has 0 bridgehead atoms. The van der Waals surface area contributed by atoms with Crippen LogP contribution in [0.1, 0.15) is 36.5 Å². The van der Waals surface area contributed by atoms with Crippen molar-refractivity contribution in [3.05, 3.63) is 18.0 Å². The zero-order valence-electron chi connectivity index (χ0n) is 13.4. The van der Waals surface area contributed by atoms with E-state index in [1.165, 1.54) is 6.42 Å².